The SMILES string of the molecule is C=CCCCCCCC/C(C(=O)[O-])=C(\C)C(=O)[O-].[Na+].[Na+]. The molecule has 0 heterocycles. The number of carboxylic acids is 2. The van der Waals surface area contributed by atoms with Crippen molar-refractivity contribution in [2.24, 2.45) is 0 Å². The predicted octanol–water partition coefficient (Wildman–Crippen LogP) is -5.27. The van der Waals surface area contributed by atoms with E-state index in [1.54, 1.807) is 0 Å². The van der Waals surface area contributed by atoms with E-state index >= 15 is 0 Å². The van der Waals surface area contributed by atoms with Gasteiger partial charge in [-0.1, -0.05) is 25.3 Å². The summed E-state index contributed by atoms with van der Waals surface area (Å²) in [6.45, 7) is 4.87. The van der Waals surface area contributed by atoms with Crippen molar-refractivity contribution in [1.29, 1.82) is 0 Å². The number of carboxylic acid groups (broad SMARTS) is 2. The summed E-state index contributed by atoms with van der Waals surface area (Å²) in [7, 11) is 0. The first-order valence-corrected chi connectivity index (χ1v) is 6.24. The molecule has 0 spiro atoms. The summed E-state index contributed by atoms with van der Waals surface area (Å²) in [6, 6.07) is 0. The largest absolute Gasteiger partial charge is 1.00 e. The third kappa shape index (κ3) is 12.2. The Hall–Kier alpha value is 0.420. The van der Waals surface area contributed by atoms with Crippen LogP contribution in [0.25, 0.3) is 0 Å². The van der Waals surface area contributed by atoms with Gasteiger partial charge in [-0.3, -0.25) is 0 Å². The third-order valence-electron chi connectivity index (χ3n) is 2.84. The molecule has 20 heavy (non-hydrogen) atoms. The molecule has 102 valence electrons. The van der Waals surface area contributed by atoms with Crippen LogP contribution < -0.4 is 69.3 Å². The number of allylic oxidation sites excluding steroid dienone is 1. The maximum Gasteiger partial charge on any atom is 1.00 e. The molecule has 0 unspecified atom stereocenters. The van der Waals surface area contributed by atoms with Gasteiger partial charge in [0, 0.05) is 0 Å². The molecule has 4 nitrogen and oxygen atoms in total. The first kappa shape index (κ1) is 25.4. The Kier molecular flexibility index (Phi) is 20.1. The molecule has 0 aliphatic rings. The van der Waals surface area contributed by atoms with Crippen LogP contribution in [0.1, 0.15) is 51.9 Å². The third-order valence-corrected chi connectivity index (χ3v) is 2.84. The summed E-state index contributed by atoms with van der Waals surface area (Å²) < 4.78 is 0. The molecule has 0 N–H and O–H groups in total. The molecule has 0 aromatic carbocycles. The van der Waals surface area contributed by atoms with Gasteiger partial charge in [-0.25, -0.2) is 0 Å². The van der Waals surface area contributed by atoms with Gasteiger partial charge in [-0.15, -0.1) is 6.58 Å². The van der Waals surface area contributed by atoms with Crippen molar-refractivity contribution < 1.29 is 78.9 Å². The molecule has 0 aromatic heterocycles. The monoisotopic (exact) mass is 298 g/mol. The van der Waals surface area contributed by atoms with Crippen molar-refractivity contribution in [2.45, 2.75) is 51.9 Å². The van der Waals surface area contributed by atoms with Gasteiger partial charge >= 0.3 is 59.1 Å². The van der Waals surface area contributed by atoms with Crippen LogP contribution in [0.2, 0.25) is 0 Å². The van der Waals surface area contributed by atoms with Crippen molar-refractivity contribution in [3.05, 3.63) is 23.8 Å². The Morgan fingerprint density at radius 1 is 0.950 bits per heavy atom. The second-order valence-electron chi connectivity index (χ2n) is 4.27. The number of rotatable bonds is 10. The topological polar surface area (TPSA) is 80.3 Å². The van der Waals surface area contributed by atoms with Crippen LogP contribution in [0.5, 0.6) is 0 Å². The molecule has 0 atom stereocenters. The van der Waals surface area contributed by atoms with Gasteiger partial charge in [0.1, 0.15) is 0 Å². The molecule has 0 saturated carbocycles. The van der Waals surface area contributed by atoms with Gasteiger partial charge in [0.05, 0.1) is 11.9 Å². The van der Waals surface area contributed by atoms with E-state index in [4.69, 9.17) is 0 Å². The van der Waals surface area contributed by atoms with Crippen molar-refractivity contribution in [3.63, 3.8) is 0 Å². The quantitative estimate of drug-likeness (QED) is 0.175. The molecule has 0 aliphatic heterocycles. The number of aliphatic carboxylic acids is 2. The van der Waals surface area contributed by atoms with Gasteiger partial charge in [0.15, 0.2) is 0 Å². The van der Waals surface area contributed by atoms with E-state index in [9.17, 15) is 19.8 Å². The van der Waals surface area contributed by atoms with Crippen molar-refractivity contribution in [1.82, 2.24) is 0 Å². The molecule has 0 aliphatic carbocycles. The van der Waals surface area contributed by atoms with Crippen molar-refractivity contribution >= 4 is 11.9 Å². The van der Waals surface area contributed by atoms with Crippen molar-refractivity contribution in [3.8, 4) is 0 Å². The fraction of sp³-hybridized carbons (Fsp3) is 0.571. The van der Waals surface area contributed by atoms with E-state index in [1.807, 2.05) is 6.08 Å². The normalized spacial score (nSPS) is 10.7. The van der Waals surface area contributed by atoms with Gasteiger partial charge < -0.3 is 19.8 Å². The van der Waals surface area contributed by atoms with Crippen LogP contribution in [-0.4, -0.2) is 11.9 Å². The molecular formula is C14H20Na2O4. The molecule has 0 amide bonds. The Labute approximate surface area is 165 Å². The fourth-order valence-electron chi connectivity index (χ4n) is 1.69. The van der Waals surface area contributed by atoms with E-state index in [2.05, 4.69) is 6.58 Å². The number of carbonyl (C=O) groups excluding carboxylic acids is 2. The summed E-state index contributed by atoms with van der Waals surface area (Å²) in [5.74, 6) is -2.86. The van der Waals surface area contributed by atoms with E-state index in [0.29, 0.717) is 6.42 Å². The molecular weight excluding hydrogens is 278 g/mol. The minimum Gasteiger partial charge on any atom is -0.545 e. The smallest absolute Gasteiger partial charge is 0.545 e. The van der Waals surface area contributed by atoms with Crippen molar-refractivity contribution in [2.75, 3.05) is 0 Å². The molecule has 6 heteroatoms. The minimum atomic E-state index is -1.44. The van der Waals surface area contributed by atoms with Crippen LogP contribution in [0.15, 0.2) is 23.8 Å². The van der Waals surface area contributed by atoms with Crippen LogP contribution in [-0.2, 0) is 9.59 Å². The summed E-state index contributed by atoms with van der Waals surface area (Å²) in [5, 5.41) is 21.4. The Balaban J connectivity index is -0.00000144. The maximum absolute atomic E-state index is 10.8. The van der Waals surface area contributed by atoms with E-state index < -0.39 is 11.9 Å². The van der Waals surface area contributed by atoms with Gasteiger partial charge in [-0.05, 0) is 43.8 Å². The Morgan fingerprint density at radius 3 is 1.90 bits per heavy atom. The zero-order chi connectivity index (χ0) is 14.0. The number of hydrogen-bond acceptors (Lipinski definition) is 4. The zero-order valence-corrected chi connectivity index (χ0v) is 16.9. The number of carbonyl (C=O) groups is 2. The molecule has 0 fully saturated rings. The first-order chi connectivity index (χ1) is 8.50. The van der Waals surface area contributed by atoms with E-state index in [-0.39, 0.29) is 76.7 Å². The maximum atomic E-state index is 10.8. The van der Waals surface area contributed by atoms with Crippen LogP contribution in [0, 0.1) is 0 Å². The minimum absolute atomic E-state index is 0. The standard InChI is InChI=1S/C14H22O4.2Na/c1-3-4-5-6-7-8-9-10-12(14(17)18)11(2)13(15)16;;/h3H,1,4-10H2,2H3,(H,15,16)(H,17,18);;/q;2*+1/p-2/b12-11-;;. The van der Waals surface area contributed by atoms with Gasteiger partial charge in [0.25, 0.3) is 0 Å². The van der Waals surface area contributed by atoms with Crippen LogP contribution >= 0.6 is 0 Å². The van der Waals surface area contributed by atoms with E-state index in [0.717, 1.165) is 32.1 Å². The summed E-state index contributed by atoms with van der Waals surface area (Å²) in [6.07, 6.45) is 7.81. The van der Waals surface area contributed by atoms with Gasteiger partial charge in [-0.2, -0.15) is 0 Å². The average Bonchev–Trinajstić information content (AvgIpc) is 2.31. The van der Waals surface area contributed by atoms with Crippen LogP contribution in [0.4, 0.5) is 0 Å². The van der Waals surface area contributed by atoms with E-state index in [1.165, 1.54) is 6.92 Å². The summed E-state index contributed by atoms with van der Waals surface area (Å²) in [5.41, 5.74) is -0.386. The zero-order valence-electron chi connectivity index (χ0n) is 12.9. The molecule has 0 rings (SSSR count). The Morgan fingerprint density at radius 2 is 1.45 bits per heavy atom. The number of hydrogen-bond donors (Lipinski definition) is 0. The molecule has 0 aromatic rings. The predicted molar refractivity (Wildman–Crippen MR) is 65.2 cm³/mol. The van der Waals surface area contributed by atoms with Gasteiger partial charge in [0.2, 0.25) is 0 Å². The second-order valence-corrected chi connectivity index (χ2v) is 4.27. The molecule has 0 radical (unpaired) electrons. The number of unbranched alkanes of at least 4 members (excludes halogenated alkanes) is 5. The Bertz CT molecular complexity index is 338. The van der Waals surface area contributed by atoms with Crippen LogP contribution in [0.3, 0.4) is 0 Å². The fourth-order valence-corrected chi connectivity index (χ4v) is 1.69. The average molecular weight is 298 g/mol. The summed E-state index contributed by atoms with van der Waals surface area (Å²) >= 11 is 0. The first-order valence-electron chi connectivity index (χ1n) is 6.24. The molecule has 0 bridgehead atoms. The second kappa shape index (κ2) is 15.8. The molecule has 0 saturated heterocycles. The summed E-state index contributed by atoms with van der Waals surface area (Å²) in [4.78, 5) is 21.4.